The Kier molecular flexibility index (Phi) is 2.00. The summed E-state index contributed by atoms with van der Waals surface area (Å²) in [5, 5.41) is 3.55. The summed E-state index contributed by atoms with van der Waals surface area (Å²) < 4.78 is 0. The van der Waals surface area contributed by atoms with E-state index in [1.165, 1.54) is 36.7 Å². The van der Waals surface area contributed by atoms with Gasteiger partial charge in [0.15, 0.2) is 0 Å². The first-order valence-corrected chi connectivity index (χ1v) is 7.17. The first-order valence-electron chi connectivity index (χ1n) is 6.18. The van der Waals surface area contributed by atoms with Crippen molar-refractivity contribution in [3.63, 3.8) is 0 Å². The lowest BCUT2D eigenvalue weighted by Crippen LogP contribution is -2.45. The van der Waals surface area contributed by atoms with Crippen LogP contribution in [0.2, 0.25) is 0 Å². The summed E-state index contributed by atoms with van der Waals surface area (Å²) >= 11 is 2.03. The fourth-order valence-corrected chi connectivity index (χ4v) is 4.55. The predicted molar refractivity (Wildman–Crippen MR) is 68.5 cm³/mol. The number of para-hydroxylation sites is 1. The Morgan fingerprint density at radius 3 is 3.38 bits per heavy atom. The lowest BCUT2D eigenvalue weighted by Gasteiger charge is -2.36. The molecule has 1 N–H and O–H groups in total. The zero-order valence-electron chi connectivity index (χ0n) is 9.28. The van der Waals surface area contributed by atoms with Crippen LogP contribution in [0.3, 0.4) is 0 Å². The van der Waals surface area contributed by atoms with E-state index in [9.17, 15) is 0 Å². The third-order valence-corrected chi connectivity index (χ3v) is 5.18. The third kappa shape index (κ3) is 1.13. The quantitative estimate of drug-likeness (QED) is 0.737. The van der Waals surface area contributed by atoms with Gasteiger partial charge in [0.05, 0.1) is 5.69 Å². The van der Waals surface area contributed by atoms with Gasteiger partial charge < -0.3 is 10.2 Å². The maximum atomic E-state index is 3.55. The first-order chi connectivity index (χ1) is 7.95. The van der Waals surface area contributed by atoms with Gasteiger partial charge in [-0.05, 0) is 24.6 Å². The lowest BCUT2D eigenvalue weighted by molar-refractivity contribution is 0.405. The van der Waals surface area contributed by atoms with Crippen LogP contribution in [0.5, 0.6) is 0 Å². The van der Waals surface area contributed by atoms with Crippen molar-refractivity contribution in [3.8, 4) is 0 Å². The van der Waals surface area contributed by atoms with Gasteiger partial charge in [-0.15, -0.1) is 11.8 Å². The van der Waals surface area contributed by atoms with Crippen LogP contribution >= 0.6 is 11.8 Å². The molecule has 0 aliphatic carbocycles. The van der Waals surface area contributed by atoms with E-state index in [1.807, 2.05) is 11.8 Å². The fraction of sp³-hybridized carbons (Fsp3) is 0.538. The summed E-state index contributed by atoms with van der Waals surface area (Å²) in [6.07, 6.45) is 1.31. The molecule has 0 amide bonds. The highest BCUT2D eigenvalue weighted by Gasteiger charge is 2.41. The lowest BCUT2D eigenvalue weighted by atomic mass is 9.90. The molecule has 2 atom stereocenters. The van der Waals surface area contributed by atoms with Crippen molar-refractivity contribution in [2.75, 3.05) is 30.3 Å². The van der Waals surface area contributed by atoms with Crippen molar-refractivity contribution in [1.29, 1.82) is 0 Å². The van der Waals surface area contributed by atoms with Crippen molar-refractivity contribution in [1.82, 2.24) is 5.32 Å². The number of hydrogen-bond acceptors (Lipinski definition) is 3. The van der Waals surface area contributed by atoms with Crippen molar-refractivity contribution >= 4 is 17.4 Å². The molecule has 1 fully saturated rings. The summed E-state index contributed by atoms with van der Waals surface area (Å²) in [6.45, 7) is 3.60. The molecular weight excluding hydrogens is 216 g/mol. The van der Waals surface area contributed by atoms with Gasteiger partial charge in [0, 0.05) is 35.7 Å². The van der Waals surface area contributed by atoms with Crippen LogP contribution in [-0.2, 0) is 0 Å². The smallest absolute Gasteiger partial charge is 0.0544 e. The highest BCUT2D eigenvalue weighted by atomic mass is 32.2. The summed E-state index contributed by atoms with van der Waals surface area (Å²) in [4.78, 5) is 4.20. The molecule has 1 aromatic carbocycles. The molecule has 0 bridgehead atoms. The Hall–Kier alpha value is -0.670. The zero-order valence-corrected chi connectivity index (χ0v) is 10.1. The molecule has 0 spiro atoms. The Bertz CT molecular complexity index is 432. The van der Waals surface area contributed by atoms with Gasteiger partial charge in [-0.2, -0.15) is 0 Å². The maximum absolute atomic E-state index is 3.55. The summed E-state index contributed by atoms with van der Waals surface area (Å²) in [5.41, 5.74) is 3.17. The Morgan fingerprint density at radius 2 is 2.38 bits per heavy atom. The molecule has 3 aliphatic heterocycles. The van der Waals surface area contributed by atoms with Crippen LogP contribution in [-0.4, -0.2) is 31.4 Å². The number of benzene rings is 1. The minimum absolute atomic E-state index is 0.738. The largest absolute Gasteiger partial charge is 0.366 e. The predicted octanol–water partition coefficient (Wildman–Crippen LogP) is 2.06. The third-order valence-electron chi connectivity index (χ3n) is 4.15. The number of hydrogen-bond donors (Lipinski definition) is 1. The van der Waals surface area contributed by atoms with Crippen molar-refractivity contribution in [2.45, 2.75) is 23.3 Å². The minimum Gasteiger partial charge on any atom is -0.366 e. The molecule has 3 heteroatoms. The maximum Gasteiger partial charge on any atom is 0.0544 e. The number of thioether (sulfide) groups is 1. The molecule has 0 unspecified atom stereocenters. The fourth-order valence-electron chi connectivity index (χ4n) is 3.49. The van der Waals surface area contributed by atoms with Crippen LogP contribution in [0.25, 0.3) is 0 Å². The normalized spacial score (nSPS) is 31.1. The zero-order chi connectivity index (χ0) is 10.5. The van der Waals surface area contributed by atoms with Gasteiger partial charge in [-0.25, -0.2) is 0 Å². The van der Waals surface area contributed by atoms with E-state index in [-0.39, 0.29) is 0 Å². The highest BCUT2D eigenvalue weighted by Crippen LogP contribution is 2.49. The molecule has 1 aromatic rings. The van der Waals surface area contributed by atoms with Gasteiger partial charge in [0.25, 0.3) is 0 Å². The molecule has 1 saturated heterocycles. The van der Waals surface area contributed by atoms with Crippen LogP contribution in [0, 0.1) is 0 Å². The number of fused-ring (bicyclic) bond motifs is 3. The second-order valence-electron chi connectivity index (χ2n) is 4.90. The van der Waals surface area contributed by atoms with E-state index in [0.29, 0.717) is 0 Å². The SMILES string of the molecule is c1cc2c3c(c1)[C@@H]1CNCC[C@@H]1N3CCS2. The molecule has 3 aliphatic rings. The van der Waals surface area contributed by atoms with E-state index >= 15 is 0 Å². The van der Waals surface area contributed by atoms with E-state index in [4.69, 9.17) is 0 Å². The van der Waals surface area contributed by atoms with Crippen molar-refractivity contribution in [3.05, 3.63) is 23.8 Å². The Morgan fingerprint density at radius 1 is 1.38 bits per heavy atom. The second kappa shape index (κ2) is 3.41. The van der Waals surface area contributed by atoms with Gasteiger partial charge >= 0.3 is 0 Å². The van der Waals surface area contributed by atoms with Crippen molar-refractivity contribution in [2.24, 2.45) is 0 Å². The second-order valence-corrected chi connectivity index (χ2v) is 6.04. The molecule has 3 heterocycles. The van der Waals surface area contributed by atoms with Gasteiger partial charge in [-0.3, -0.25) is 0 Å². The number of anilines is 1. The minimum atomic E-state index is 0.738. The average molecular weight is 232 g/mol. The molecule has 4 rings (SSSR count). The molecule has 16 heavy (non-hydrogen) atoms. The monoisotopic (exact) mass is 232 g/mol. The van der Waals surface area contributed by atoms with Crippen LogP contribution in [0.15, 0.2) is 23.1 Å². The Labute approximate surface area is 100 Å². The molecule has 0 radical (unpaired) electrons. The van der Waals surface area contributed by atoms with E-state index in [1.54, 1.807) is 11.3 Å². The molecule has 2 nitrogen and oxygen atoms in total. The highest BCUT2D eigenvalue weighted by molar-refractivity contribution is 7.99. The van der Waals surface area contributed by atoms with Crippen LogP contribution < -0.4 is 10.2 Å². The molecule has 0 saturated carbocycles. The number of nitrogens with zero attached hydrogens (tertiary/aromatic N) is 1. The van der Waals surface area contributed by atoms with Crippen LogP contribution in [0.4, 0.5) is 5.69 Å². The van der Waals surface area contributed by atoms with E-state index < -0.39 is 0 Å². The van der Waals surface area contributed by atoms with E-state index in [2.05, 4.69) is 28.4 Å². The average Bonchev–Trinajstić information content (AvgIpc) is 2.68. The summed E-state index contributed by atoms with van der Waals surface area (Å²) in [6, 6.07) is 7.65. The van der Waals surface area contributed by atoms with Crippen LogP contribution in [0.1, 0.15) is 17.9 Å². The number of piperidine rings is 1. The van der Waals surface area contributed by atoms with Crippen molar-refractivity contribution < 1.29 is 0 Å². The van der Waals surface area contributed by atoms with Gasteiger partial charge in [0.1, 0.15) is 0 Å². The topological polar surface area (TPSA) is 15.3 Å². The summed E-state index contributed by atoms with van der Waals surface area (Å²) in [7, 11) is 0. The summed E-state index contributed by atoms with van der Waals surface area (Å²) in [5.74, 6) is 2.00. The molecule has 0 aromatic heterocycles. The standard InChI is InChI=1S/C13H16N2S/c1-2-9-10-8-14-5-4-11(10)15-6-7-16-12(3-1)13(9)15/h1-3,10-11,14H,4-8H2/t10-,11-/m0/s1. The molecule has 84 valence electrons. The number of nitrogens with one attached hydrogen (secondary N) is 1. The molecular formula is C13H16N2S. The van der Waals surface area contributed by atoms with Gasteiger partial charge in [0.2, 0.25) is 0 Å². The van der Waals surface area contributed by atoms with E-state index in [0.717, 1.165) is 12.0 Å². The number of rotatable bonds is 0. The Balaban J connectivity index is 1.89. The van der Waals surface area contributed by atoms with Gasteiger partial charge in [-0.1, -0.05) is 12.1 Å². The first kappa shape index (κ1) is 9.37.